The molecular weight excluding hydrogens is 364 g/mol. The summed E-state index contributed by atoms with van der Waals surface area (Å²) in [4.78, 5) is -0.572. The smallest absolute Gasteiger partial charge is 0.243 e. The van der Waals surface area contributed by atoms with E-state index in [1.165, 1.54) is 12.1 Å². The molecule has 1 aliphatic rings. The molecule has 1 aliphatic carbocycles. The van der Waals surface area contributed by atoms with Gasteiger partial charge in [0, 0.05) is 18.2 Å². The van der Waals surface area contributed by atoms with Crippen molar-refractivity contribution in [1.29, 1.82) is 0 Å². The zero-order valence-electron chi connectivity index (χ0n) is 13.8. The van der Waals surface area contributed by atoms with E-state index in [1.54, 1.807) is 6.07 Å². The number of benzene rings is 2. The molecule has 0 radical (unpaired) electrons. The maximum atomic E-state index is 13.8. The van der Waals surface area contributed by atoms with Crippen molar-refractivity contribution in [3.63, 3.8) is 0 Å². The highest BCUT2D eigenvalue weighted by molar-refractivity contribution is 7.89. The molecule has 0 spiro atoms. The topological polar surface area (TPSA) is 86.6 Å². The van der Waals surface area contributed by atoms with Crippen LogP contribution in [0.5, 0.6) is 11.5 Å². The highest BCUT2D eigenvalue weighted by atomic mass is 32.2. The van der Waals surface area contributed by atoms with Crippen molar-refractivity contribution < 1.29 is 27.4 Å². The van der Waals surface area contributed by atoms with E-state index in [-0.39, 0.29) is 23.5 Å². The molecule has 0 heterocycles. The van der Waals surface area contributed by atoms with Crippen LogP contribution in [-0.2, 0) is 10.0 Å². The summed E-state index contributed by atoms with van der Waals surface area (Å²) < 4.78 is 53.9. The average molecular weight is 383 g/mol. The zero-order valence-corrected chi connectivity index (χ0v) is 14.6. The van der Waals surface area contributed by atoms with Crippen LogP contribution in [-0.4, -0.2) is 24.7 Å². The number of phenolic OH excluding ortho intramolecular Hbond substituents is 2. The van der Waals surface area contributed by atoms with Crippen LogP contribution in [0.1, 0.15) is 37.2 Å². The Morgan fingerprint density at radius 2 is 1.65 bits per heavy atom. The number of rotatable bonds is 4. The van der Waals surface area contributed by atoms with Crippen molar-refractivity contribution in [3.05, 3.63) is 53.6 Å². The van der Waals surface area contributed by atoms with Gasteiger partial charge in [0.2, 0.25) is 10.0 Å². The summed E-state index contributed by atoms with van der Waals surface area (Å²) in [5, 5.41) is 19.3. The van der Waals surface area contributed by atoms with Gasteiger partial charge in [0.05, 0.1) is 0 Å². The molecule has 2 aromatic carbocycles. The molecule has 1 saturated carbocycles. The van der Waals surface area contributed by atoms with E-state index in [0.29, 0.717) is 37.3 Å². The van der Waals surface area contributed by atoms with Gasteiger partial charge in [0.15, 0.2) is 0 Å². The average Bonchev–Trinajstić information content (AvgIpc) is 2.55. The summed E-state index contributed by atoms with van der Waals surface area (Å²) in [6.07, 6.45) is 2.31. The lowest BCUT2D eigenvalue weighted by molar-refractivity contribution is 0.362. The second-order valence-electron chi connectivity index (χ2n) is 6.49. The first kappa shape index (κ1) is 18.6. The Bertz CT molecular complexity index is 909. The first-order valence-electron chi connectivity index (χ1n) is 8.25. The Hall–Kier alpha value is -2.19. The summed E-state index contributed by atoms with van der Waals surface area (Å²) in [6, 6.07) is 6.44. The molecular formula is C18H19F2NO4S. The van der Waals surface area contributed by atoms with Crippen molar-refractivity contribution >= 4 is 10.0 Å². The number of phenols is 2. The lowest BCUT2D eigenvalue weighted by Crippen LogP contribution is -2.37. The molecule has 0 bridgehead atoms. The summed E-state index contributed by atoms with van der Waals surface area (Å²) in [7, 11) is -4.08. The van der Waals surface area contributed by atoms with Crippen LogP contribution < -0.4 is 4.72 Å². The highest BCUT2D eigenvalue weighted by Crippen LogP contribution is 2.38. The predicted octanol–water partition coefficient (Wildman–Crippen LogP) is 3.38. The van der Waals surface area contributed by atoms with Gasteiger partial charge in [-0.15, -0.1) is 0 Å². The van der Waals surface area contributed by atoms with Crippen LogP contribution in [0.25, 0.3) is 0 Å². The fourth-order valence-corrected chi connectivity index (χ4v) is 4.74. The Morgan fingerprint density at radius 1 is 0.962 bits per heavy atom. The lowest BCUT2D eigenvalue weighted by Gasteiger charge is -2.29. The maximum Gasteiger partial charge on any atom is 0.243 e. The van der Waals surface area contributed by atoms with Gasteiger partial charge in [-0.2, -0.15) is 0 Å². The van der Waals surface area contributed by atoms with Crippen LogP contribution in [0.4, 0.5) is 8.78 Å². The minimum atomic E-state index is -4.08. The quantitative estimate of drug-likeness (QED) is 0.755. The van der Waals surface area contributed by atoms with Gasteiger partial charge in [-0.3, -0.25) is 0 Å². The third-order valence-corrected chi connectivity index (χ3v) is 6.24. The fourth-order valence-electron chi connectivity index (χ4n) is 3.38. The summed E-state index contributed by atoms with van der Waals surface area (Å²) in [5.74, 6) is -1.91. The minimum absolute atomic E-state index is 0.0161. The second kappa shape index (κ2) is 7.20. The Labute approximate surface area is 150 Å². The van der Waals surface area contributed by atoms with Crippen LogP contribution in [0.15, 0.2) is 41.3 Å². The first-order chi connectivity index (χ1) is 12.3. The molecule has 0 atom stereocenters. The van der Waals surface area contributed by atoms with E-state index in [2.05, 4.69) is 4.72 Å². The number of sulfonamides is 1. The highest BCUT2D eigenvalue weighted by Gasteiger charge is 2.29. The van der Waals surface area contributed by atoms with Crippen molar-refractivity contribution in [1.82, 2.24) is 4.72 Å². The third kappa shape index (κ3) is 3.96. The Morgan fingerprint density at radius 3 is 2.27 bits per heavy atom. The SMILES string of the molecule is O=S(=O)(N[C@H]1CC[C@H](c2ccc(O)cc2O)CC1)c1ccc(F)cc1F. The minimum Gasteiger partial charge on any atom is -0.508 e. The summed E-state index contributed by atoms with van der Waals surface area (Å²) >= 11 is 0. The van der Waals surface area contributed by atoms with E-state index in [0.717, 1.165) is 12.1 Å². The van der Waals surface area contributed by atoms with Crippen molar-refractivity contribution in [2.45, 2.75) is 42.5 Å². The van der Waals surface area contributed by atoms with Gasteiger partial charge >= 0.3 is 0 Å². The fraction of sp³-hybridized carbons (Fsp3) is 0.333. The largest absolute Gasteiger partial charge is 0.508 e. The number of aromatic hydroxyl groups is 2. The van der Waals surface area contributed by atoms with Crippen molar-refractivity contribution in [2.75, 3.05) is 0 Å². The van der Waals surface area contributed by atoms with Gasteiger partial charge in [-0.05, 0) is 55.4 Å². The van der Waals surface area contributed by atoms with Gasteiger partial charge in [-0.25, -0.2) is 21.9 Å². The molecule has 26 heavy (non-hydrogen) atoms. The monoisotopic (exact) mass is 383 g/mol. The van der Waals surface area contributed by atoms with Gasteiger partial charge in [0.25, 0.3) is 0 Å². The van der Waals surface area contributed by atoms with Crippen LogP contribution in [0.3, 0.4) is 0 Å². The number of hydrogen-bond donors (Lipinski definition) is 3. The number of nitrogens with one attached hydrogen (secondary N) is 1. The molecule has 0 amide bonds. The molecule has 0 saturated heterocycles. The molecule has 5 nitrogen and oxygen atoms in total. The number of hydrogen-bond acceptors (Lipinski definition) is 4. The van der Waals surface area contributed by atoms with Crippen LogP contribution in [0, 0.1) is 11.6 Å². The maximum absolute atomic E-state index is 13.8. The van der Waals surface area contributed by atoms with Crippen molar-refractivity contribution in [3.8, 4) is 11.5 Å². The molecule has 2 aromatic rings. The zero-order chi connectivity index (χ0) is 18.9. The Balaban J connectivity index is 1.66. The first-order valence-corrected chi connectivity index (χ1v) is 9.74. The van der Waals surface area contributed by atoms with Crippen molar-refractivity contribution in [2.24, 2.45) is 0 Å². The van der Waals surface area contributed by atoms with Gasteiger partial charge in [-0.1, -0.05) is 6.07 Å². The van der Waals surface area contributed by atoms with E-state index < -0.39 is 26.6 Å². The standard InChI is InChI=1S/C18H19F2NO4S/c19-12-3-8-18(16(20)9-12)26(24,25)21-13-4-1-11(2-5-13)15-7-6-14(22)10-17(15)23/h3,6-11,13,21-23H,1-2,4-5H2/t11-,13-. The molecule has 3 rings (SSSR count). The molecule has 8 heteroatoms. The lowest BCUT2D eigenvalue weighted by atomic mass is 9.81. The normalized spacial score (nSPS) is 20.8. The van der Waals surface area contributed by atoms with E-state index >= 15 is 0 Å². The molecule has 0 aromatic heterocycles. The number of halogens is 2. The third-order valence-electron chi connectivity index (χ3n) is 4.69. The van der Waals surface area contributed by atoms with E-state index in [4.69, 9.17) is 0 Å². The Kier molecular flexibility index (Phi) is 5.15. The second-order valence-corrected chi connectivity index (χ2v) is 8.17. The van der Waals surface area contributed by atoms with Gasteiger partial charge in [0.1, 0.15) is 28.0 Å². The molecule has 1 fully saturated rings. The predicted molar refractivity (Wildman–Crippen MR) is 91.4 cm³/mol. The molecule has 3 N–H and O–H groups in total. The van der Waals surface area contributed by atoms with E-state index in [9.17, 15) is 27.4 Å². The molecule has 140 valence electrons. The van der Waals surface area contributed by atoms with E-state index in [1.807, 2.05) is 0 Å². The molecule has 0 aliphatic heterocycles. The summed E-state index contributed by atoms with van der Waals surface area (Å²) in [5.41, 5.74) is 0.716. The van der Waals surface area contributed by atoms with Crippen LogP contribution >= 0.6 is 0 Å². The summed E-state index contributed by atoms with van der Waals surface area (Å²) in [6.45, 7) is 0. The van der Waals surface area contributed by atoms with Gasteiger partial charge < -0.3 is 10.2 Å². The van der Waals surface area contributed by atoms with Crippen LogP contribution in [0.2, 0.25) is 0 Å². The molecule has 0 unspecified atom stereocenters.